The van der Waals surface area contributed by atoms with E-state index in [2.05, 4.69) is 14.9 Å². The van der Waals surface area contributed by atoms with Crippen LogP contribution in [-0.2, 0) is 18.3 Å². The Bertz CT molecular complexity index is 999. The van der Waals surface area contributed by atoms with Crippen LogP contribution in [0.1, 0.15) is 29.5 Å². The largest absolute Gasteiger partial charge is 0.480 e. The van der Waals surface area contributed by atoms with E-state index >= 15 is 0 Å². The SMILES string of the molecule is CC(Sc1ccccc1C(=O)NCCCc1nc2ccccc2n1C)C(=O)O. The zero-order chi connectivity index (χ0) is 20.1. The molecule has 0 saturated heterocycles. The Morgan fingerprint density at radius 2 is 1.89 bits per heavy atom. The van der Waals surface area contributed by atoms with Crippen molar-refractivity contribution in [2.75, 3.05) is 6.54 Å². The maximum Gasteiger partial charge on any atom is 0.316 e. The number of para-hydroxylation sites is 2. The molecule has 0 fully saturated rings. The Labute approximate surface area is 168 Å². The van der Waals surface area contributed by atoms with Crippen molar-refractivity contribution in [1.82, 2.24) is 14.9 Å². The zero-order valence-corrected chi connectivity index (χ0v) is 16.7. The molecule has 28 heavy (non-hydrogen) atoms. The first-order chi connectivity index (χ1) is 13.5. The zero-order valence-electron chi connectivity index (χ0n) is 15.9. The molecule has 2 N–H and O–H groups in total. The molecule has 1 aromatic heterocycles. The van der Waals surface area contributed by atoms with Crippen molar-refractivity contribution in [3.05, 3.63) is 59.9 Å². The lowest BCUT2D eigenvalue weighted by atomic mass is 10.2. The van der Waals surface area contributed by atoms with Crippen molar-refractivity contribution < 1.29 is 14.7 Å². The predicted octanol–water partition coefficient (Wildman–Crippen LogP) is 3.50. The molecule has 6 nitrogen and oxygen atoms in total. The number of amides is 1. The van der Waals surface area contributed by atoms with Crippen LogP contribution in [0.4, 0.5) is 0 Å². The summed E-state index contributed by atoms with van der Waals surface area (Å²) in [6.07, 6.45) is 1.53. The minimum Gasteiger partial charge on any atom is -0.480 e. The fraction of sp³-hybridized carbons (Fsp3) is 0.286. The second-order valence-electron chi connectivity index (χ2n) is 6.53. The van der Waals surface area contributed by atoms with Crippen LogP contribution < -0.4 is 5.32 Å². The number of fused-ring (bicyclic) bond motifs is 1. The molecule has 0 bridgehead atoms. The average molecular weight is 398 g/mol. The number of aromatic nitrogens is 2. The minimum absolute atomic E-state index is 0.189. The maximum absolute atomic E-state index is 12.5. The Balaban J connectivity index is 1.57. The number of nitrogens with one attached hydrogen (secondary N) is 1. The number of imidazole rings is 1. The predicted molar refractivity (Wildman–Crippen MR) is 111 cm³/mol. The molecule has 3 aromatic rings. The van der Waals surface area contributed by atoms with Gasteiger partial charge in [-0.05, 0) is 37.6 Å². The van der Waals surface area contributed by atoms with E-state index in [1.165, 1.54) is 11.8 Å². The Morgan fingerprint density at radius 3 is 2.64 bits per heavy atom. The maximum atomic E-state index is 12.5. The number of benzene rings is 2. The molecule has 0 spiro atoms. The van der Waals surface area contributed by atoms with Crippen LogP contribution in [0.5, 0.6) is 0 Å². The highest BCUT2D eigenvalue weighted by atomic mass is 32.2. The first-order valence-corrected chi connectivity index (χ1v) is 10.0. The quantitative estimate of drug-likeness (QED) is 0.449. The molecule has 1 heterocycles. The average Bonchev–Trinajstić information content (AvgIpc) is 3.01. The van der Waals surface area contributed by atoms with Gasteiger partial charge in [0.1, 0.15) is 11.1 Å². The van der Waals surface area contributed by atoms with E-state index in [4.69, 9.17) is 5.11 Å². The lowest BCUT2D eigenvalue weighted by Gasteiger charge is -2.12. The molecule has 2 aromatic carbocycles. The van der Waals surface area contributed by atoms with Crippen molar-refractivity contribution in [2.45, 2.75) is 29.9 Å². The number of carboxylic acid groups (broad SMARTS) is 1. The number of aliphatic carboxylic acids is 1. The highest BCUT2D eigenvalue weighted by Gasteiger charge is 2.17. The normalized spacial score (nSPS) is 12.1. The first-order valence-electron chi connectivity index (χ1n) is 9.14. The number of carbonyl (C=O) groups is 2. The Hall–Kier alpha value is -2.80. The van der Waals surface area contributed by atoms with E-state index < -0.39 is 11.2 Å². The summed E-state index contributed by atoms with van der Waals surface area (Å²) in [7, 11) is 2.00. The van der Waals surface area contributed by atoms with Gasteiger partial charge in [-0.25, -0.2) is 4.98 Å². The smallest absolute Gasteiger partial charge is 0.316 e. The second kappa shape index (κ2) is 8.93. The summed E-state index contributed by atoms with van der Waals surface area (Å²) in [5, 5.41) is 11.4. The van der Waals surface area contributed by atoms with Crippen molar-refractivity contribution in [2.24, 2.45) is 7.05 Å². The number of rotatable bonds is 8. The van der Waals surface area contributed by atoms with Gasteiger partial charge in [-0.1, -0.05) is 24.3 Å². The second-order valence-corrected chi connectivity index (χ2v) is 7.91. The Morgan fingerprint density at radius 1 is 1.18 bits per heavy atom. The highest BCUT2D eigenvalue weighted by Crippen LogP contribution is 2.27. The van der Waals surface area contributed by atoms with E-state index in [0.29, 0.717) is 17.0 Å². The third kappa shape index (κ3) is 4.54. The number of carbonyl (C=O) groups excluding carboxylic acids is 1. The minimum atomic E-state index is -0.900. The van der Waals surface area contributed by atoms with Crippen LogP contribution in [0.3, 0.4) is 0 Å². The van der Waals surface area contributed by atoms with Crippen LogP contribution in [0.2, 0.25) is 0 Å². The molecular weight excluding hydrogens is 374 g/mol. The summed E-state index contributed by atoms with van der Waals surface area (Å²) in [6.45, 7) is 2.13. The van der Waals surface area contributed by atoms with Gasteiger partial charge < -0.3 is 15.0 Å². The lowest BCUT2D eigenvalue weighted by molar-refractivity contribution is -0.136. The molecule has 0 aliphatic carbocycles. The molecule has 146 valence electrons. The number of aryl methyl sites for hydroxylation is 2. The fourth-order valence-electron chi connectivity index (χ4n) is 2.96. The van der Waals surface area contributed by atoms with Crippen LogP contribution in [0.25, 0.3) is 11.0 Å². The van der Waals surface area contributed by atoms with Gasteiger partial charge in [0.25, 0.3) is 5.91 Å². The van der Waals surface area contributed by atoms with Gasteiger partial charge in [0.2, 0.25) is 0 Å². The molecular formula is C21H23N3O3S. The number of hydrogen-bond acceptors (Lipinski definition) is 4. The summed E-state index contributed by atoms with van der Waals surface area (Å²) in [5.41, 5.74) is 2.57. The standard InChI is InChI=1S/C21H23N3O3S/c1-14(21(26)27)28-18-11-6-3-8-15(18)20(25)22-13-7-12-19-23-16-9-4-5-10-17(16)24(19)2/h3-6,8-11,14H,7,12-13H2,1-2H3,(H,22,25)(H,26,27). The van der Waals surface area contributed by atoms with Gasteiger partial charge in [0.05, 0.1) is 16.6 Å². The number of carboxylic acids is 1. The van der Waals surface area contributed by atoms with E-state index in [1.54, 1.807) is 31.2 Å². The molecule has 3 rings (SSSR count). The van der Waals surface area contributed by atoms with Crippen LogP contribution in [-0.4, -0.2) is 38.3 Å². The van der Waals surface area contributed by atoms with Crippen LogP contribution >= 0.6 is 11.8 Å². The summed E-state index contributed by atoms with van der Waals surface area (Å²) < 4.78 is 2.08. The molecule has 0 saturated carbocycles. The van der Waals surface area contributed by atoms with E-state index in [-0.39, 0.29) is 5.91 Å². The molecule has 0 radical (unpaired) electrons. The van der Waals surface area contributed by atoms with Gasteiger partial charge in [0, 0.05) is 24.9 Å². The molecule has 7 heteroatoms. The lowest BCUT2D eigenvalue weighted by Crippen LogP contribution is -2.25. The topological polar surface area (TPSA) is 84.2 Å². The van der Waals surface area contributed by atoms with Gasteiger partial charge in [-0.3, -0.25) is 9.59 Å². The van der Waals surface area contributed by atoms with Crippen LogP contribution in [0, 0.1) is 0 Å². The van der Waals surface area contributed by atoms with E-state index in [0.717, 1.165) is 29.7 Å². The van der Waals surface area contributed by atoms with Crippen molar-refractivity contribution in [1.29, 1.82) is 0 Å². The van der Waals surface area contributed by atoms with Gasteiger partial charge in [-0.15, -0.1) is 11.8 Å². The van der Waals surface area contributed by atoms with Crippen molar-refractivity contribution in [3.8, 4) is 0 Å². The monoisotopic (exact) mass is 397 g/mol. The van der Waals surface area contributed by atoms with Crippen molar-refractivity contribution in [3.63, 3.8) is 0 Å². The Kier molecular flexibility index (Phi) is 6.36. The van der Waals surface area contributed by atoms with Crippen LogP contribution in [0.15, 0.2) is 53.4 Å². The number of thioether (sulfide) groups is 1. The van der Waals surface area contributed by atoms with Crippen molar-refractivity contribution >= 4 is 34.7 Å². The molecule has 1 amide bonds. The highest BCUT2D eigenvalue weighted by molar-refractivity contribution is 8.00. The number of hydrogen-bond donors (Lipinski definition) is 2. The third-order valence-electron chi connectivity index (χ3n) is 4.53. The number of nitrogens with zero attached hydrogens (tertiary/aromatic N) is 2. The third-order valence-corrected chi connectivity index (χ3v) is 5.69. The van der Waals surface area contributed by atoms with Gasteiger partial charge in [0.15, 0.2) is 0 Å². The molecule has 1 atom stereocenters. The molecule has 0 aliphatic heterocycles. The van der Waals surface area contributed by atoms with E-state index in [9.17, 15) is 9.59 Å². The first kappa shape index (κ1) is 19.9. The summed E-state index contributed by atoms with van der Waals surface area (Å²) >= 11 is 1.17. The fourth-order valence-corrected chi connectivity index (χ4v) is 3.89. The van der Waals surface area contributed by atoms with E-state index in [1.807, 2.05) is 31.3 Å². The van der Waals surface area contributed by atoms with Gasteiger partial charge >= 0.3 is 5.97 Å². The summed E-state index contributed by atoms with van der Waals surface area (Å²) in [5.74, 6) is -0.102. The molecule has 1 unspecified atom stereocenters. The summed E-state index contributed by atoms with van der Waals surface area (Å²) in [4.78, 5) is 28.9. The van der Waals surface area contributed by atoms with Gasteiger partial charge in [-0.2, -0.15) is 0 Å². The summed E-state index contributed by atoms with van der Waals surface area (Å²) in [6, 6.07) is 15.1. The molecule has 0 aliphatic rings.